The van der Waals surface area contributed by atoms with Gasteiger partial charge in [0.1, 0.15) is 0 Å². The van der Waals surface area contributed by atoms with Gasteiger partial charge in [0.2, 0.25) is 0 Å². The van der Waals surface area contributed by atoms with E-state index < -0.39 is 0 Å². The van der Waals surface area contributed by atoms with Crippen LogP contribution in [0.3, 0.4) is 0 Å². The summed E-state index contributed by atoms with van der Waals surface area (Å²) in [5.41, 5.74) is 2.72. The molecule has 0 amide bonds. The molecule has 4 heteroatoms. The Morgan fingerprint density at radius 1 is 1.30 bits per heavy atom. The van der Waals surface area contributed by atoms with Crippen LogP contribution in [-0.2, 0) is 0 Å². The van der Waals surface area contributed by atoms with Crippen molar-refractivity contribution in [3.8, 4) is 0 Å². The molecule has 1 N–H and O–H groups in total. The minimum Gasteiger partial charge on any atom is -0.306 e. The van der Waals surface area contributed by atoms with Gasteiger partial charge in [-0.25, -0.2) is 0 Å². The van der Waals surface area contributed by atoms with Crippen molar-refractivity contribution in [1.29, 1.82) is 0 Å². The fourth-order valence-electron chi connectivity index (χ4n) is 2.24. The normalized spacial score (nSPS) is 12.6. The summed E-state index contributed by atoms with van der Waals surface area (Å²) in [6.07, 6.45) is 3.26. The third kappa shape index (κ3) is 3.88. The van der Waals surface area contributed by atoms with Gasteiger partial charge >= 0.3 is 0 Å². The van der Waals surface area contributed by atoms with Crippen molar-refractivity contribution in [2.75, 3.05) is 12.8 Å². The predicted octanol–water partition coefficient (Wildman–Crippen LogP) is 5.63. The SMILES string of the molecule is CCCNC(c1ccc(SC)cc1)c1cc(Br)sc1C. The van der Waals surface area contributed by atoms with E-state index in [9.17, 15) is 0 Å². The number of nitrogens with one attached hydrogen (secondary N) is 1. The molecule has 2 aromatic rings. The molecule has 0 fully saturated rings. The Morgan fingerprint density at radius 3 is 2.50 bits per heavy atom. The van der Waals surface area contributed by atoms with E-state index in [0.717, 1.165) is 13.0 Å². The highest BCUT2D eigenvalue weighted by molar-refractivity contribution is 9.11. The topological polar surface area (TPSA) is 12.0 Å². The second-order valence-electron chi connectivity index (χ2n) is 4.72. The van der Waals surface area contributed by atoms with Gasteiger partial charge in [-0.15, -0.1) is 23.1 Å². The van der Waals surface area contributed by atoms with E-state index in [4.69, 9.17) is 0 Å². The maximum absolute atomic E-state index is 3.67. The van der Waals surface area contributed by atoms with E-state index in [-0.39, 0.29) is 6.04 Å². The average Bonchev–Trinajstić information content (AvgIpc) is 2.79. The van der Waals surface area contributed by atoms with Crippen LogP contribution in [0.4, 0.5) is 0 Å². The molecule has 2 rings (SSSR count). The highest BCUT2D eigenvalue weighted by Gasteiger charge is 2.17. The Kier molecular flexibility index (Phi) is 6.15. The first-order valence-electron chi connectivity index (χ1n) is 6.79. The van der Waals surface area contributed by atoms with Crippen molar-refractivity contribution in [1.82, 2.24) is 5.32 Å². The number of hydrogen-bond donors (Lipinski definition) is 1. The third-order valence-corrected chi connectivity index (χ3v) is 5.60. The molecule has 1 aromatic carbocycles. The summed E-state index contributed by atoms with van der Waals surface area (Å²) < 4.78 is 1.20. The molecule has 1 atom stereocenters. The monoisotopic (exact) mass is 369 g/mol. The van der Waals surface area contributed by atoms with E-state index in [1.807, 2.05) is 0 Å². The molecule has 1 nitrogen and oxygen atoms in total. The van der Waals surface area contributed by atoms with Crippen LogP contribution in [0.2, 0.25) is 0 Å². The van der Waals surface area contributed by atoms with Gasteiger partial charge in [-0.3, -0.25) is 0 Å². The highest BCUT2D eigenvalue weighted by Crippen LogP contribution is 2.34. The zero-order valence-corrected chi connectivity index (χ0v) is 15.3. The molecule has 0 radical (unpaired) electrons. The van der Waals surface area contributed by atoms with E-state index >= 15 is 0 Å². The van der Waals surface area contributed by atoms with Crippen LogP contribution in [0.1, 0.15) is 35.4 Å². The van der Waals surface area contributed by atoms with Crippen molar-refractivity contribution in [3.63, 3.8) is 0 Å². The van der Waals surface area contributed by atoms with Gasteiger partial charge in [0, 0.05) is 9.77 Å². The molecule has 1 aromatic heterocycles. The summed E-state index contributed by atoms with van der Waals surface area (Å²) in [7, 11) is 0. The Labute approximate surface area is 138 Å². The van der Waals surface area contributed by atoms with Crippen molar-refractivity contribution >= 4 is 39.0 Å². The number of aryl methyl sites for hydroxylation is 1. The lowest BCUT2D eigenvalue weighted by molar-refractivity contribution is 0.598. The molecule has 0 aliphatic heterocycles. The van der Waals surface area contributed by atoms with Gasteiger partial charge in [0.25, 0.3) is 0 Å². The van der Waals surface area contributed by atoms with Crippen molar-refractivity contribution < 1.29 is 0 Å². The summed E-state index contributed by atoms with van der Waals surface area (Å²) in [4.78, 5) is 2.69. The van der Waals surface area contributed by atoms with E-state index in [1.54, 1.807) is 23.1 Å². The molecule has 1 heterocycles. The first-order chi connectivity index (χ1) is 9.65. The lowest BCUT2D eigenvalue weighted by atomic mass is 9.99. The molecule has 108 valence electrons. The molecular weight excluding hydrogens is 350 g/mol. The van der Waals surface area contributed by atoms with Gasteiger partial charge in [0.05, 0.1) is 9.83 Å². The van der Waals surface area contributed by atoms with E-state index in [0.29, 0.717) is 0 Å². The number of halogens is 1. The summed E-state index contributed by atoms with van der Waals surface area (Å²) in [6, 6.07) is 11.4. The summed E-state index contributed by atoms with van der Waals surface area (Å²) in [5, 5.41) is 3.67. The van der Waals surface area contributed by atoms with Crippen LogP contribution < -0.4 is 5.32 Å². The van der Waals surface area contributed by atoms with Crippen molar-refractivity contribution in [2.24, 2.45) is 0 Å². The number of benzene rings is 1. The fraction of sp³-hybridized carbons (Fsp3) is 0.375. The smallest absolute Gasteiger partial charge is 0.0704 e. The molecule has 0 aliphatic rings. The Bertz CT molecular complexity index is 548. The Morgan fingerprint density at radius 2 is 2.00 bits per heavy atom. The van der Waals surface area contributed by atoms with Crippen LogP contribution in [-0.4, -0.2) is 12.8 Å². The zero-order chi connectivity index (χ0) is 14.5. The molecular formula is C16H20BrNS2. The molecule has 0 saturated heterocycles. The quantitative estimate of drug-likeness (QED) is 0.662. The Hall–Kier alpha value is -0.290. The van der Waals surface area contributed by atoms with Gasteiger partial charge in [-0.2, -0.15) is 0 Å². The second-order valence-corrected chi connectivity index (χ2v) is 8.24. The van der Waals surface area contributed by atoms with Crippen LogP contribution >= 0.6 is 39.0 Å². The number of hydrogen-bond acceptors (Lipinski definition) is 3. The molecule has 0 aliphatic carbocycles. The summed E-state index contributed by atoms with van der Waals surface area (Å²) in [5.74, 6) is 0. The maximum Gasteiger partial charge on any atom is 0.0704 e. The summed E-state index contributed by atoms with van der Waals surface area (Å²) >= 11 is 7.19. The predicted molar refractivity (Wildman–Crippen MR) is 95.1 cm³/mol. The van der Waals surface area contributed by atoms with Crippen LogP contribution in [0.5, 0.6) is 0 Å². The van der Waals surface area contributed by atoms with Crippen molar-refractivity contribution in [2.45, 2.75) is 31.2 Å². The first kappa shape index (κ1) is 16.1. The zero-order valence-electron chi connectivity index (χ0n) is 12.1. The standard InChI is InChI=1S/C16H20BrNS2/c1-4-9-18-16(14-10-15(17)20-11(14)2)12-5-7-13(19-3)8-6-12/h5-8,10,16,18H,4,9H2,1-3H3. The molecule has 0 spiro atoms. The van der Waals surface area contributed by atoms with Crippen LogP contribution in [0.25, 0.3) is 0 Å². The minimum atomic E-state index is 0.286. The van der Waals surface area contributed by atoms with Gasteiger partial charge in [-0.1, -0.05) is 19.1 Å². The van der Waals surface area contributed by atoms with E-state index in [1.165, 1.54) is 24.7 Å². The molecule has 0 bridgehead atoms. The number of rotatable bonds is 6. The first-order valence-corrected chi connectivity index (χ1v) is 9.62. The van der Waals surface area contributed by atoms with E-state index in [2.05, 4.69) is 71.7 Å². The van der Waals surface area contributed by atoms with Gasteiger partial charge in [-0.05, 0) is 71.4 Å². The second kappa shape index (κ2) is 7.64. The number of thiophene rings is 1. The highest BCUT2D eigenvalue weighted by atomic mass is 79.9. The molecule has 1 unspecified atom stereocenters. The lowest BCUT2D eigenvalue weighted by Gasteiger charge is -2.19. The summed E-state index contributed by atoms with van der Waals surface area (Å²) in [6.45, 7) is 5.43. The van der Waals surface area contributed by atoms with Crippen LogP contribution in [0.15, 0.2) is 39.0 Å². The van der Waals surface area contributed by atoms with Crippen molar-refractivity contribution in [3.05, 3.63) is 50.1 Å². The maximum atomic E-state index is 3.67. The fourth-order valence-corrected chi connectivity index (χ4v) is 4.39. The van der Waals surface area contributed by atoms with Gasteiger partial charge in [0.15, 0.2) is 0 Å². The molecule has 20 heavy (non-hydrogen) atoms. The third-order valence-electron chi connectivity index (χ3n) is 3.28. The molecule has 0 saturated carbocycles. The minimum absolute atomic E-state index is 0.286. The van der Waals surface area contributed by atoms with Gasteiger partial charge < -0.3 is 5.32 Å². The number of thioether (sulfide) groups is 1. The van der Waals surface area contributed by atoms with Crippen LogP contribution in [0, 0.1) is 6.92 Å². The largest absolute Gasteiger partial charge is 0.306 e. The average molecular weight is 370 g/mol. The Balaban J connectivity index is 2.33. The lowest BCUT2D eigenvalue weighted by Crippen LogP contribution is -2.23.